The van der Waals surface area contributed by atoms with Gasteiger partial charge in [0.05, 0.1) is 19.0 Å². The molecule has 6 N–H and O–H groups in total. The maximum absolute atomic E-state index is 15.7. The molecule has 3 heterocycles. The maximum atomic E-state index is 15.7. The number of benzene rings is 1. The van der Waals surface area contributed by atoms with Gasteiger partial charge in [0.2, 0.25) is 5.95 Å². The molecule has 1 aliphatic rings. The van der Waals surface area contributed by atoms with E-state index in [1.807, 2.05) is 0 Å². The van der Waals surface area contributed by atoms with Crippen LogP contribution in [-0.4, -0.2) is 66.7 Å². The molecule has 0 aliphatic carbocycles. The summed E-state index contributed by atoms with van der Waals surface area (Å²) in [5.41, 5.74) is 11.7. The van der Waals surface area contributed by atoms with Crippen molar-refractivity contribution in [3.8, 4) is 5.75 Å². The van der Waals surface area contributed by atoms with Gasteiger partial charge >= 0.3 is 12.6 Å². The molecule has 212 valence electrons. The number of aliphatic hydroxyl groups is 1. The molecule has 0 bridgehead atoms. The van der Waals surface area contributed by atoms with Crippen molar-refractivity contribution < 1.29 is 32.8 Å². The van der Waals surface area contributed by atoms with Crippen LogP contribution in [0.4, 0.5) is 16.2 Å². The first-order valence-corrected chi connectivity index (χ1v) is 14.8. The van der Waals surface area contributed by atoms with Gasteiger partial charge in [0, 0.05) is 0 Å². The van der Waals surface area contributed by atoms with Crippen molar-refractivity contribution in [1.82, 2.24) is 24.6 Å². The number of para-hydroxylation sites is 1. The molecule has 4 rings (SSSR count). The number of nitrogens with two attached hydrogens (primary N) is 2. The van der Waals surface area contributed by atoms with Gasteiger partial charge in [-0.15, -0.1) is 0 Å². The third-order valence-electron chi connectivity index (χ3n) is 5.53. The Morgan fingerprint density at radius 3 is 2.69 bits per heavy atom. The van der Waals surface area contributed by atoms with Gasteiger partial charge < -0.3 is 35.1 Å². The molecule has 0 amide bonds. The highest BCUT2D eigenvalue weighted by Crippen LogP contribution is 2.49. The molecule has 3 aromatic rings. The highest BCUT2D eigenvalue weighted by Gasteiger charge is 2.58. The SMILES string of the molecule is CC(C)OC(=O)C(C)NP(=S)(OC[C@H]1O[C@@H](n2cnc3c(N)nc(N)nc32)[C@@](F)(Cl)[C@@H]1O)Oc1ccccc1. The fraction of sp³-hybridized carbons (Fsp3) is 0.455. The Labute approximate surface area is 233 Å². The smallest absolute Gasteiger partial charge is 0.323 e. The number of halogens is 2. The number of alkyl halides is 2. The molecule has 0 spiro atoms. The summed E-state index contributed by atoms with van der Waals surface area (Å²) in [6.07, 6.45) is -3.94. The van der Waals surface area contributed by atoms with Crippen molar-refractivity contribution in [2.75, 3.05) is 18.1 Å². The van der Waals surface area contributed by atoms with Crippen LogP contribution in [0.5, 0.6) is 5.75 Å². The van der Waals surface area contributed by atoms with Crippen LogP contribution in [0.25, 0.3) is 11.2 Å². The number of nitrogen functional groups attached to an aromatic ring is 2. The van der Waals surface area contributed by atoms with E-state index in [9.17, 15) is 9.90 Å². The summed E-state index contributed by atoms with van der Waals surface area (Å²) in [4.78, 5) is 24.4. The Morgan fingerprint density at radius 2 is 2.03 bits per heavy atom. The minimum Gasteiger partial charge on any atom is -0.462 e. The molecule has 39 heavy (non-hydrogen) atoms. The number of esters is 1. The zero-order valence-electron chi connectivity index (χ0n) is 21.1. The molecule has 1 fully saturated rings. The first-order chi connectivity index (χ1) is 18.3. The lowest BCUT2D eigenvalue weighted by Gasteiger charge is -2.28. The summed E-state index contributed by atoms with van der Waals surface area (Å²) in [7, 11) is 0. The second-order valence-corrected chi connectivity index (χ2v) is 12.7. The van der Waals surface area contributed by atoms with E-state index in [4.69, 9.17) is 53.4 Å². The van der Waals surface area contributed by atoms with E-state index >= 15 is 4.39 Å². The zero-order valence-corrected chi connectivity index (χ0v) is 23.6. The van der Waals surface area contributed by atoms with Gasteiger partial charge in [0.1, 0.15) is 29.5 Å². The number of carbonyl (C=O) groups excluding carboxylic acids is 1. The molecule has 6 atom stereocenters. The average molecular weight is 604 g/mol. The predicted molar refractivity (Wildman–Crippen MR) is 145 cm³/mol. The second kappa shape index (κ2) is 11.5. The molecule has 0 radical (unpaired) electrons. The summed E-state index contributed by atoms with van der Waals surface area (Å²) in [5, 5.41) is 10.8. The van der Waals surface area contributed by atoms with Crippen molar-refractivity contribution in [3.05, 3.63) is 36.7 Å². The molecule has 1 aliphatic heterocycles. The van der Waals surface area contributed by atoms with Crippen LogP contribution in [0.3, 0.4) is 0 Å². The normalized spacial score (nSPS) is 25.5. The Balaban J connectivity index is 1.55. The lowest BCUT2D eigenvalue weighted by atomic mass is 10.1. The van der Waals surface area contributed by atoms with Gasteiger partial charge in [-0.25, -0.2) is 14.5 Å². The number of imidazole rings is 1. The predicted octanol–water partition coefficient (Wildman–Crippen LogP) is 2.40. The molecule has 13 nitrogen and oxygen atoms in total. The number of aliphatic hydroxyl groups excluding tert-OH is 1. The van der Waals surface area contributed by atoms with Crippen molar-refractivity contribution in [2.45, 2.75) is 56.5 Å². The lowest BCUT2D eigenvalue weighted by Crippen LogP contribution is -2.40. The van der Waals surface area contributed by atoms with Gasteiger partial charge in [-0.3, -0.25) is 9.36 Å². The molecule has 1 aromatic carbocycles. The summed E-state index contributed by atoms with van der Waals surface area (Å²) in [6, 6.07) is 7.62. The van der Waals surface area contributed by atoms with Crippen LogP contribution in [0, 0.1) is 0 Å². The van der Waals surface area contributed by atoms with Gasteiger partial charge in [-0.05, 0) is 44.7 Å². The number of ether oxygens (including phenoxy) is 2. The van der Waals surface area contributed by atoms with Crippen molar-refractivity contribution in [2.24, 2.45) is 0 Å². The summed E-state index contributed by atoms with van der Waals surface area (Å²) in [6.45, 7) is 1.01. The van der Waals surface area contributed by atoms with Crippen LogP contribution in [0.15, 0.2) is 36.7 Å². The quantitative estimate of drug-likeness (QED) is 0.151. The zero-order chi connectivity index (χ0) is 28.5. The van der Waals surface area contributed by atoms with E-state index in [0.29, 0.717) is 5.75 Å². The average Bonchev–Trinajstić information content (AvgIpc) is 3.36. The standard InChI is InChI=1S/C22H28ClFN7O6PS/c1-11(2)35-19(33)12(3)30-38(39,37-13-7-5-4-6-8-13)34-9-14-16(32)22(23,24)20(36-14)31-10-27-15-17(25)28-21(26)29-18(15)31/h4-8,10-12,14,16,20,32H,9H2,1-3H3,(H,30,39)(H4,25,26,28,29)/t12?,14-,16-,20-,22-,38?/m1/s1. The number of hydrogen-bond acceptors (Lipinski definition) is 12. The molecule has 17 heteroatoms. The first kappa shape index (κ1) is 29.3. The Bertz CT molecular complexity index is 1380. The number of anilines is 2. The lowest BCUT2D eigenvalue weighted by molar-refractivity contribution is -0.149. The van der Waals surface area contributed by atoms with Gasteiger partial charge in [-0.2, -0.15) is 9.97 Å². The van der Waals surface area contributed by atoms with E-state index in [1.54, 1.807) is 44.2 Å². The second-order valence-electron chi connectivity index (χ2n) is 8.97. The van der Waals surface area contributed by atoms with Crippen LogP contribution in [-0.2, 0) is 30.6 Å². The number of nitrogens with one attached hydrogen (secondary N) is 1. The van der Waals surface area contributed by atoms with Gasteiger partial charge in [-0.1, -0.05) is 29.8 Å². The molecule has 2 unspecified atom stereocenters. The minimum absolute atomic E-state index is 0.0244. The van der Waals surface area contributed by atoms with Crippen LogP contribution in [0.2, 0.25) is 0 Å². The number of nitrogens with zero attached hydrogens (tertiary/aromatic N) is 4. The fourth-order valence-corrected chi connectivity index (χ4v) is 6.45. The Hall–Kier alpha value is -2.65. The van der Waals surface area contributed by atoms with Gasteiger partial charge in [0.15, 0.2) is 17.7 Å². The van der Waals surface area contributed by atoms with E-state index in [0.717, 1.165) is 4.57 Å². The number of fused-ring (bicyclic) bond motifs is 1. The van der Waals surface area contributed by atoms with E-state index < -0.39 is 48.8 Å². The van der Waals surface area contributed by atoms with E-state index in [1.165, 1.54) is 13.3 Å². The first-order valence-electron chi connectivity index (χ1n) is 11.7. The Kier molecular flexibility index (Phi) is 8.61. The monoisotopic (exact) mass is 603 g/mol. The Morgan fingerprint density at radius 1 is 1.33 bits per heavy atom. The number of rotatable bonds is 10. The molecule has 2 aromatic heterocycles. The van der Waals surface area contributed by atoms with E-state index in [-0.39, 0.29) is 29.0 Å². The molecule has 1 saturated heterocycles. The molecule has 0 saturated carbocycles. The highest BCUT2D eigenvalue weighted by molar-refractivity contribution is 8.09. The highest BCUT2D eigenvalue weighted by atomic mass is 35.5. The maximum Gasteiger partial charge on any atom is 0.323 e. The van der Waals surface area contributed by atoms with Crippen LogP contribution >= 0.6 is 18.2 Å². The van der Waals surface area contributed by atoms with Crippen molar-refractivity contribution >= 4 is 58.9 Å². The van der Waals surface area contributed by atoms with Crippen LogP contribution in [0.1, 0.15) is 27.0 Å². The fourth-order valence-electron chi connectivity index (χ4n) is 3.74. The minimum atomic E-state index is -3.49. The topological polar surface area (TPSA) is 182 Å². The molecular formula is C22H28ClFN7O6PS. The number of carbonyl (C=O) groups is 1. The van der Waals surface area contributed by atoms with Gasteiger partial charge in [0.25, 0.3) is 5.13 Å². The van der Waals surface area contributed by atoms with E-state index in [2.05, 4.69) is 20.0 Å². The van der Waals surface area contributed by atoms with Crippen molar-refractivity contribution in [1.29, 1.82) is 0 Å². The summed E-state index contributed by atoms with van der Waals surface area (Å²) >= 11 is 11.8. The largest absolute Gasteiger partial charge is 0.462 e. The van der Waals surface area contributed by atoms with Crippen molar-refractivity contribution in [3.63, 3.8) is 0 Å². The van der Waals surface area contributed by atoms with Crippen LogP contribution < -0.4 is 21.1 Å². The number of aromatic nitrogens is 4. The number of hydrogen-bond donors (Lipinski definition) is 4. The summed E-state index contributed by atoms with van der Waals surface area (Å²) < 4.78 is 39.6. The third kappa shape index (κ3) is 6.40. The third-order valence-corrected chi connectivity index (χ3v) is 8.44. The molecular weight excluding hydrogens is 576 g/mol. The summed E-state index contributed by atoms with van der Waals surface area (Å²) in [5.74, 6) is -0.411.